The van der Waals surface area contributed by atoms with Gasteiger partial charge in [0.25, 0.3) is 0 Å². The lowest BCUT2D eigenvalue weighted by atomic mass is 9.98. The van der Waals surface area contributed by atoms with E-state index in [0.717, 1.165) is 29.0 Å². The summed E-state index contributed by atoms with van der Waals surface area (Å²) in [6.45, 7) is 4.15. The van der Waals surface area contributed by atoms with E-state index in [1.54, 1.807) is 6.07 Å². The maximum absolute atomic E-state index is 9.74. The molecule has 18 heavy (non-hydrogen) atoms. The van der Waals surface area contributed by atoms with Crippen molar-refractivity contribution >= 4 is 15.9 Å². The number of phenolic OH excluding ortho intramolecular Hbond substituents is 1. The van der Waals surface area contributed by atoms with E-state index < -0.39 is 0 Å². The molecule has 1 fully saturated rings. The fraction of sp³-hybridized carbons (Fsp3) is 0.571. The smallest absolute Gasteiger partial charge is 0.120 e. The van der Waals surface area contributed by atoms with Crippen LogP contribution in [0.4, 0.5) is 0 Å². The molecular formula is C14H21BrN2O. The summed E-state index contributed by atoms with van der Waals surface area (Å²) in [5.41, 5.74) is 0.952. The Labute approximate surface area is 117 Å². The van der Waals surface area contributed by atoms with E-state index in [2.05, 4.69) is 33.2 Å². The van der Waals surface area contributed by atoms with E-state index in [1.807, 2.05) is 12.1 Å². The zero-order valence-electron chi connectivity index (χ0n) is 10.8. The first-order valence-corrected chi connectivity index (χ1v) is 7.31. The molecule has 0 aromatic heterocycles. The third-order valence-corrected chi connectivity index (χ3v) is 4.01. The first kappa shape index (κ1) is 13.8. The fourth-order valence-electron chi connectivity index (χ4n) is 2.55. The van der Waals surface area contributed by atoms with Gasteiger partial charge in [-0.05, 0) is 57.1 Å². The second kappa shape index (κ2) is 6.55. The molecule has 1 saturated heterocycles. The second-order valence-electron chi connectivity index (χ2n) is 5.17. The second-order valence-corrected chi connectivity index (χ2v) is 6.09. The van der Waals surface area contributed by atoms with Gasteiger partial charge < -0.3 is 15.3 Å². The van der Waals surface area contributed by atoms with Crippen LogP contribution < -0.4 is 5.32 Å². The quantitative estimate of drug-likeness (QED) is 0.897. The summed E-state index contributed by atoms with van der Waals surface area (Å²) in [6.07, 6.45) is 2.60. The van der Waals surface area contributed by atoms with Crippen molar-refractivity contribution < 1.29 is 5.11 Å². The molecule has 1 atom stereocenters. The van der Waals surface area contributed by atoms with Crippen LogP contribution in [0.3, 0.4) is 0 Å². The molecule has 3 nitrogen and oxygen atoms in total. The number of halogens is 1. The largest absolute Gasteiger partial charge is 0.508 e. The first-order chi connectivity index (χ1) is 8.65. The topological polar surface area (TPSA) is 35.5 Å². The third kappa shape index (κ3) is 3.97. The number of hydrogen-bond acceptors (Lipinski definition) is 3. The number of benzene rings is 1. The molecule has 2 N–H and O–H groups in total. The van der Waals surface area contributed by atoms with E-state index >= 15 is 0 Å². The van der Waals surface area contributed by atoms with Gasteiger partial charge in [0.15, 0.2) is 0 Å². The Hall–Kier alpha value is -0.580. The molecule has 1 aromatic carbocycles. The highest BCUT2D eigenvalue weighted by Crippen LogP contribution is 2.22. The molecule has 4 heteroatoms. The lowest BCUT2D eigenvalue weighted by molar-refractivity contribution is 0.206. The van der Waals surface area contributed by atoms with Gasteiger partial charge in [-0.2, -0.15) is 0 Å². The molecule has 0 radical (unpaired) electrons. The summed E-state index contributed by atoms with van der Waals surface area (Å²) in [4.78, 5) is 2.40. The number of phenols is 1. The Morgan fingerprint density at radius 2 is 2.33 bits per heavy atom. The van der Waals surface area contributed by atoms with Gasteiger partial charge in [-0.3, -0.25) is 0 Å². The van der Waals surface area contributed by atoms with Crippen molar-refractivity contribution in [2.45, 2.75) is 19.4 Å². The van der Waals surface area contributed by atoms with E-state index in [-0.39, 0.29) is 0 Å². The monoisotopic (exact) mass is 312 g/mol. The van der Waals surface area contributed by atoms with E-state index in [9.17, 15) is 5.11 Å². The number of nitrogens with zero attached hydrogens (tertiary/aromatic N) is 1. The van der Waals surface area contributed by atoms with Gasteiger partial charge in [0.2, 0.25) is 0 Å². The number of rotatable bonds is 4. The average molecular weight is 313 g/mol. The van der Waals surface area contributed by atoms with Gasteiger partial charge in [-0.1, -0.05) is 15.9 Å². The van der Waals surface area contributed by atoms with Crippen LogP contribution in [-0.4, -0.2) is 36.7 Å². The normalized spacial score (nSPS) is 21.1. The van der Waals surface area contributed by atoms with E-state index in [0.29, 0.717) is 5.75 Å². The molecule has 100 valence electrons. The number of nitrogens with one attached hydrogen (secondary N) is 1. The number of piperidine rings is 1. The van der Waals surface area contributed by atoms with Crippen LogP contribution in [0.5, 0.6) is 5.75 Å². The van der Waals surface area contributed by atoms with Gasteiger partial charge in [0, 0.05) is 23.1 Å². The number of likely N-dealkylation sites (tertiary alicyclic amines) is 1. The van der Waals surface area contributed by atoms with Crippen LogP contribution >= 0.6 is 15.9 Å². The minimum Gasteiger partial charge on any atom is -0.508 e. The number of hydrogen-bond donors (Lipinski definition) is 2. The molecule has 1 heterocycles. The predicted molar refractivity (Wildman–Crippen MR) is 77.7 cm³/mol. The minimum atomic E-state index is 0.367. The van der Waals surface area contributed by atoms with Crippen LogP contribution in [0.25, 0.3) is 0 Å². The summed E-state index contributed by atoms with van der Waals surface area (Å²) in [7, 11) is 2.19. The van der Waals surface area contributed by atoms with Crippen molar-refractivity contribution in [3.05, 3.63) is 28.2 Å². The highest BCUT2D eigenvalue weighted by Gasteiger charge is 2.16. The predicted octanol–water partition coefficient (Wildman–Crippen LogP) is 2.59. The molecule has 1 unspecified atom stereocenters. The highest BCUT2D eigenvalue weighted by atomic mass is 79.9. The Morgan fingerprint density at radius 1 is 1.50 bits per heavy atom. The van der Waals surface area contributed by atoms with Crippen molar-refractivity contribution in [1.29, 1.82) is 0 Å². The Kier molecular flexibility index (Phi) is 5.03. The van der Waals surface area contributed by atoms with E-state index in [4.69, 9.17) is 0 Å². The van der Waals surface area contributed by atoms with Gasteiger partial charge in [0.1, 0.15) is 5.75 Å². The van der Waals surface area contributed by atoms with Crippen molar-refractivity contribution in [2.75, 3.05) is 26.7 Å². The van der Waals surface area contributed by atoms with Crippen molar-refractivity contribution in [1.82, 2.24) is 10.2 Å². The number of aromatic hydroxyl groups is 1. The Morgan fingerprint density at radius 3 is 3.11 bits per heavy atom. The molecule has 0 aliphatic carbocycles. The molecule has 0 spiro atoms. The lowest BCUT2D eigenvalue weighted by Crippen LogP contribution is -2.37. The summed E-state index contributed by atoms with van der Waals surface area (Å²) in [6, 6.07) is 5.56. The zero-order chi connectivity index (χ0) is 13.0. The van der Waals surface area contributed by atoms with Crippen molar-refractivity contribution in [2.24, 2.45) is 5.92 Å². The SMILES string of the molecule is CN1CCCC(CNCc2cc(Br)ccc2O)C1. The van der Waals surface area contributed by atoms with Gasteiger partial charge in [-0.25, -0.2) is 0 Å². The molecule has 0 saturated carbocycles. The van der Waals surface area contributed by atoms with Crippen molar-refractivity contribution in [3.8, 4) is 5.75 Å². The maximum Gasteiger partial charge on any atom is 0.120 e. The third-order valence-electron chi connectivity index (χ3n) is 3.51. The summed E-state index contributed by atoms with van der Waals surface area (Å²) < 4.78 is 1.01. The zero-order valence-corrected chi connectivity index (χ0v) is 12.4. The van der Waals surface area contributed by atoms with Gasteiger partial charge in [0.05, 0.1) is 0 Å². The first-order valence-electron chi connectivity index (χ1n) is 6.52. The van der Waals surface area contributed by atoms with Crippen LogP contribution in [0, 0.1) is 5.92 Å². The summed E-state index contributed by atoms with van der Waals surface area (Å²) >= 11 is 3.43. The van der Waals surface area contributed by atoms with Gasteiger partial charge >= 0.3 is 0 Å². The maximum atomic E-state index is 9.74. The standard InChI is InChI=1S/C14H21BrN2O/c1-17-6-2-3-11(10-17)8-16-9-12-7-13(15)4-5-14(12)18/h4-5,7,11,16,18H,2-3,6,8-10H2,1H3. The highest BCUT2D eigenvalue weighted by molar-refractivity contribution is 9.10. The van der Waals surface area contributed by atoms with Gasteiger partial charge in [-0.15, -0.1) is 0 Å². The molecular weight excluding hydrogens is 292 g/mol. The molecule has 1 aromatic rings. The summed E-state index contributed by atoms with van der Waals surface area (Å²) in [5.74, 6) is 1.10. The molecule has 0 bridgehead atoms. The van der Waals surface area contributed by atoms with Crippen LogP contribution in [0.15, 0.2) is 22.7 Å². The summed E-state index contributed by atoms with van der Waals surface area (Å²) in [5, 5.41) is 13.2. The molecule has 0 amide bonds. The molecule has 1 aliphatic heterocycles. The van der Waals surface area contributed by atoms with Crippen LogP contribution in [0.1, 0.15) is 18.4 Å². The molecule has 2 rings (SSSR count). The van der Waals surface area contributed by atoms with E-state index in [1.165, 1.54) is 25.9 Å². The van der Waals surface area contributed by atoms with Crippen LogP contribution in [-0.2, 0) is 6.54 Å². The Balaban J connectivity index is 1.79. The molecule has 1 aliphatic rings. The Bertz CT molecular complexity index is 397. The fourth-order valence-corrected chi connectivity index (χ4v) is 2.95. The lowest BCUT2D eigenvalue weighted by Gasteiger charge is -2.29. The van der Waals surface area contributed by atoms with Crippen molar-refractivity contribution in [3.63, 3.8) is 0 Å². The minimum absolute atomic E-state index is 0.367. The van der Waals surface area contributed by atoms with Crippen LogP contribution in [0.2, 0.25) is 0 Å². The average Bonchev–Trinajstić information content (AvgIpc) is 2.34.